The molecule has 4 aromatic rings. The second-order valence-corrected chi connectivity index (χ2v) is 11.5. The molecule has 1 saturated heterocycles. The number of aromatic nitrogens is 3. The second-order valence-electron chi connectivity index (χ2n) is 11.5. The Morgan fingerprint density at radius 2 is 1.89 bits per heavy atom. The highest BCUT2D eigenvalue weighted by atomic mass is 19.4. The highest BCUT2D eigenvalue weighted by Crippen LogP contribution is 2.34. The first-order valence-electron chi connectivity index (χ1n) is 14.5. The lowest BCUT2D eigenvalue weighted by atomic mass is 9.96. The number of alkyl halides is 3. The van der Waals surface area contributed by atoms with E-state index in [9.17, 15) is 18.0 Å². The normalized spacial score (nSPS) is 17.9. The van der Waals surface area contributed by atoms with Crippen molar-refractivity contribution in [1.29, 1.82) is 0 Å². The van der Waals surface area contributed by atoms with Crippen LogP contribution >= 0.6 is 0 Å². The van der Waals surface area contributed by atoms with Crippen LogP contribution in [0.5, 0.6) is 17.2 Å². The lowest BCUT2D eigenvalue weighted by Gasteiger charge is -2.33. The second kappa shape index (κ2) is 12.0. The first-order valence-corrected chi connectivity index (χ1v) is 14.5. The number of amides is 2. The number of rotatable bonds is 6. The van der Waals surface area contributed by atoms with E-state index in [1.165, 1.54) is 6.07 Å². The molecule has 3 aromatic heterocycles. The van der Waals surface area contributed by atoms with Crippen LogP contribution in [0, 0.1) is 6.92 Å². The van der Waals surface area contributed by atoms with Gasteiger partial charge in [0.1, 0.15) is 22.9 Å². The van der Waals surface area contributed by atoms with Crippen LogP contribution in [0.1, 0.15) is 35.4 Å². The van der Waals surface area contributed by atoms with Crippen molar-refractivity contribution in [2.75, 3.05) is 45.1 Å². The molecule has 232 valence electrons. The number of piperazine rings is 1. The van der Waals surface area contributed by atoms with Crippen LogP contribution in [0.3, 0.4) is 0 Å². The number of halogens is 3. The maximum absolute atomic E-state index is 13.4. The van der Waals surface area contributed by atoms with Gasteiger partial charge in [-0.25, -0.2) is 9.78 Å². The van der Waals surface area contributed by atoms with Crippen LogP contribution in [-0.4, -0.2) is 81.8 Å². The number of aromatic amines is 1. The Morgan fingerprint density at radius 1 is 1.09 bits per heavy atom. The van der Waals surface area contributed by atoms with Crippen molar-refractivity contribution in [3.05, 3.63) is 71.3 Å². The van der Waals surface area contributed by atoms with Crippen molar-refractivity contribution in [3.8, 4) is 17.2 Å². The molecule has 6 rings (SSSR count). The van der Waals surface area contributed by atoms with Crippen molar-refractivity contribution in [2.24, 2.45) is 0 Å². The fraction of sp³-hybridized carbons (Fsp3) is 0.387. The van der Waals surface area contributed by atoms with Crippen molar-refractivity contribution >= 4 is 22.8 Å². The Hall–Kier alpha value is -4.36. The van der Waals surface area contributed by atoms with Crippen LogP contribution in [0.25, 0.3) is 11.0 Å². The fourth-order valence-corrected chi connectivity index (χ4v) is 5.75. The third-order valence-corrected chi connectivity index (χ3v) is 7.97. The number of carbonyl (C=O) groups is 1. The monoisotopic (exact) mass is 609 g/mol. The van der Waals surface area contributed by atoms with E-state index < -0.39 is 12.4 Å². The number of nitrogens with one attached hydrogen (secondary N) is 2. The van der Waals surface area contributed by atoms with E-state index in [4.69, 9.17) is 4.74 Å². The van der Waals surface area contributed by atoms with Crippen LogP contribution in [0.2, 0.25) is 0 Å². The predicted octanol–water partition coefficient (Wildman–Crippen LogP) is 5.86. The van der Waals surface area contributed by atoms with E-state index in [2.05, 4.69) is 34.8 Å². The molecule has 0 radical (unpaired) electrons. The summed E-state index contributed by atoms with van der Waals surface area (Å²) in [4.78, 5) is 31.4. The third kappa shape index (κ3) is 6.73. The summed E-state index contributed by atoms with van der Waals surface area (Å²) in [6.45, 7) is 8.06. The predicted molar refractivity (Wildman–Crippen MR) is 159 cm³/mol. The minimum absolute atomic E-state index is 0.0615. The Balaban J connectivity index is 1.17. The smallest absolute Gasteiger partial charge is 0.455 e. The molecule has 13 heteroatoms. The molecule has 2 aliphatic heterocycles. The van der Waals surface area contributed by atoms with Crippen LogP contribution < -0.4 is 14.8 Å². The molecule has 1 aromatic carbocycles. The Labute approximate surface area is 252 Å². The number of fused-ring (bicyclic) bond motifs is 2. The number of nitrogens with zero attached hydrogens (tertiary/aromatic N) is 5. The molecule has 1 fully saturated rings. The highest BCUT2D eigenvalue weighted by Gasteiger charge is 2.33. The SMILES string of the molecule is Cc1cc2c(Oc3cnc4c(c3)CN(C(=O)Nc3ccc(CN5CCN(C)CC5)c(OC(F)(F)F)c3)C[C@H]4C)ccnc2[nH]1. The van der Waals surface area contributed by atoms with Crippen molar-refractivity contribution < 1.29 is 27.4 Å². The number of carbonyl (C=O) groups excluding carboxylic acids is 1. The van der Waals surface area contributed by atoms with Crippen molar-refractivity contribution in [1.82, 2.24) is 29.7 Å². The minimum Gasteiger partial charge on any atom is -0.455 e. The quantitative estimate of drug-likeness (QED) is 0.283. The van der Waals surface area contributed by atoms with Gasteiger partial charge in [-0.3, -0.25) is 9.88 Å². The molecule has 0 aliphatic carbocycles. The highest BCUT2D eigenvalue weighted by molar-refractivity contribution is 5.90. The Morgan fingerprint density at radius 3 is 2.66 bits per heavy atom. The lowest BCUT2D eigenvalue weighted by molar-refractivity contribution is -0.275. The number of benzene rings is 1. The zero-order chi connectivity index (χ0) is 31.0. The molecule has 44 heavy (non-hydrogen) atoms. The number of H-pyrrole nitrogens is 1. The van der Waals surface area contributed by atoms with Gasteiger partial charge in [0.2, 0.25) is 0 Å². The Kier molecular flexibility index (Phi) is 8.08. The fourth-order valence-electron chi connectivity index (χ4n) is 5.75. The maximum Gasteiger partial charge on any atom is 0.573 e. The maximum atomic E-state index is 13.4. The van der Waals surface area contributed by atoms with E-state index in [0.29, 0.717) is 30.2 Å². The number of ether oxygens (including phenoxy) is 2. The topological polar surface area (TPSA) is 98.8 Å². The summed E-state index contributed by atoms with van der Waals surface area (Å²) in [5.41, 5.74) is 4.00. The molecular weight excluding hydrogens is 575 g/mol. The summed E-state index contributed by atoms with van der Waals surface area (Å²) in [5, 5.41) is 3.61. The van der Waals surface area contributed by atoms with Crippen LogP contribution in [-0.2, 0) is 13.1 Å². The molecule has 2 N–H and O–H groups in total. The van der Waals surface area contributed by atoms with E-state index in [0.717, 1.165) is 54.2 Å². The van der Waals surface area contributed by atoms with Gasteiger partial charge in [-0.1, -0.05) is 13.0 Å². The number of pyridine rings is 2. The van der Waals surface area contributed by atoms with Gasteiger partial charge in [0.25, 0.3) is 0 Å². The van der Waals surface area contributed by atoms with Crippen LogP contribution in [0.15, 0.2) is 48.8 Å². The van der Waals surface area contributed by atoms with Gasteiger partial charge in [0.15, 0.2) is 0 Å². The molecular formula is C31H34F3N7O3. The molecule has 2 amide bonds. The standard InChI is InChI=1S/C31H34F3N7O3/c1-19-16-41(18-22-13-24(15-36-28(19)22)43-26-6-7-35-29-25(26)12-20(2)37-29)30(42)38-23-5-4-21(27(14-23)44-31(32,33)34)17-40-10-8-39(3)9-11-40/h4-7,12-15,19H,8-11,16-18H2,1-3H3,(H,35,37)(H,38,42)/t19-/m1/s1. The van der Waals surface area contributed by atoms with Crippen molar-refractivity contribution in [3.63, 3.8) is 0 Å². The molecule has 0 saturated carbocycles. The summed E-state index contributed by atoms with van der Waals surface area (Å²) in [7, 11) is 2.02. The van der Waals surface area contributed by atoms with Crippen molar-refractivity contribution in [2.45, 2.75) is 39.2 Å². The minimum atomic E-state index is -4.86. The number of urea groups is 1. The van der Waals surface area contributed by atoms with Gasteiger partial charge in [-0.05, 0) is 43.8 Å². The number of aryl methyl sites for hydroxylation is 1. The Bertz CT molecular complexity index is 1670. The van der Waals surface area contributed by atoms with E-state index in [-0.39, 0.29) is 23.9 Å². The largest absolute Gasteiger partial charge is 0.573 e. The van der Waals surface area contributed by atoms with E-state index in [1.807, 2.05) is 33.0 Å². The lowest BCUT2D eigenvalue weighted by Crippen LogP contribution is -2.44. The van der Waals surface area contributed by atoms with Gasteiger partial charge >= 0.3 is 12.4 Å². The number of likely N-dealkylation sites (N-methyl/N-ethyl adjacent to an activating group) is 1. The third-order valence-electron chi connectivity index (χ3n) is 7.97. The van der Waals surface area contributed by atoms with Gasteiger partial charge in [0, 0.05) is 80.9 Å². The number of hydrogen-bond acceptors (Lipinski definition) is 7. The molecule has 5 heterocycles. The summed E-state index contributed by atoms with van der Waals surface area (Å²) < 4.78 is 50.5. The first kappa shape index (κ1) is 29.7. The molecule has 0 bridgehead atoms. The summed E-state index contributed by atoms with van der Waals surface area (Å²) in [6.07, 6.45) is -1.53. The average Bonchev–Trinajstić information content (AvgIpc) is 3.36. The van der Waals surface area contributed by atoms with Gasteiger partial charge < -0.3 is 29.6 Å². The number of anilines is 1. The molecule has 0 unspecified atom stereocenters. The zero-order valence-electron chi connectivity index (χ0n) is 24.7. The zero-order valence-corrected chi connectivity index (χ0v) is 24.7. The van der Waals surface area contributed by atoms with Gasteiger partial charge in [0.05, 0.1) is 17.3 Å². The summed E-state index contributed by atoms with van der Waals surface area (Å²) in [6, 6.07) is 9.61. The summed E-state index contributed by atoms with van der Waals surface area (Å²) >= 11 is 0. The molecule has 1 atom stereocenters. The number of hydrogen-bond donors (Lipinski definition) is 2. The molecule has 2 aliphatic rings. The van der Waals surface area contributed by atoms with E-state index >= 15 is 0 Å². The van der Waals surface area contributed by atoms with Gasteiger partial charge in [-0.15, -0.1) is 13.2 Å². The average molecular weight is 610 g/mol. The van der Waals surface area contributed by atoms with Gasteiger partial charge in [-0.2, -0.15) is 0 Å². The first-order chi connectivity index (χ1) is 21.0. The van der Waals surface area contributed by atoms with E-state index in [1.54, 1.807) is 35.5 Å². The molecule has 10 nitrogen and oxygen atoms in total. The molecule has 0 spiro atoms. The van der Waals surface area contributed by atoms with Crippen LogP contribution in [0.4, 0.5) is 23.7 Å². The summed E-state index contributed by atoms with van der Waals surface area (Å²) in [5.74, 6) is 0.774.